The summed E-state index contributed by atoms with van der Waals surface area (Å²) in [6, 6.07) is 6.42. The van der Waals surface area contributed by atoms with Gasteiger partial charge in [0.25, 0.3) is 11.5 Å². The van der Waals surface area contributed by atoms with Crippen molar-refractivity contribution in [2.45, 2.75) is 6.18 Å². The summed E-state index contributed by atoms with van der Waals surface area (Å²) in [5.74, 6) is -1.74. The minimum absolute atomic E-state index is 0.113. The average molecular weight is 340 g/mol. The van der Waals surface area contributed by atoms with Crippen molar-refractivity contribution in [3.05, 3.63) is 64.1 Å². The Balaban J connectivity index is 1.91. The lowest BCUT2D eigenvalue weighted by Crippen LogP contribution is -2.24. The van der Waals surface area contributed by atoms with Gasteiger partial charge in [-0.2, -0.15) is 13.2 Å². The maximum atomic E-state index is 12.4. The van der Waals surface area contributed by atoms with E-state index in [1.165, 1.54) is 18.3 Å². The monoisotopic (exact) mass is 340 g/mol. The van der Waals surface area contributed by atoms with Crippen molar-refractivity contribution in [1.82, 2.24) is 4.98 Å². The number of amides is 1. The summed E-state index contributed by atoms with van der Waals surface area (Å²) in [4.78, 5) is 36.9. The molecular formula is C15H11F3N2O4. The maximum Gasteiger partial charge on any atom is 0.416 e. The summed E-state index contributed by atoms with van der Waals surface area (Å²) in [6.45, 7) is -0.686. The van der Waals surface area contributed by atoms with Gasteiger partial charge < -0.3 is 15.0 Å². The van der Waals surface area contributed by atoms with Gasteiger partial charge in [-0.3, -0.25) is 9.59 Å². The number of hydrogen-bond acceptors (Lipinski definition) is 4. The van der Waals surface area contributed by atoms with Crippen molar-refractivity contribution in [2.75, 3.05) is 11.9 Å². The number of anilines is 1. The molecule has 1 heterocycles. The molecule has 2 N–H and O–H groups in total. The van der Waals surface area contributed by atoms with Crippen LogP contribution in [-0.2, 0) is 15.7 Å². The Morgan fingerprint density at radius 2 is 1.79 bits per heavy atom. The highest BCUT2D eigenvalue weighted by molar-refractivity contribution is 5.95. The molecule has 0 radical (unpaired) electrons. The lowest BCUT2D eigenvalue weighted by atomic mass is 10.2. The molecule has 0 atom stereocenters. The molecule has 126 valence electrons. The Morgan fingerprint density at radius 1 is 1.12 bits per heavy atom. The average Bonchev–Trinajstić information content (AvgIpc) is 2.53. The van der Waals surface area contributed by atoms with Crippen LogP contribution in [0.3, 0.4) is 0 Å². The fourth-order valence-corrected chi connectivity index (χ4v) is 1.73. The van der Waals surface area contributed by atoms with E-state index in [4.69, 9.17) is 0 Å². The van der Waals surface area contributed by atoms with Crippen LogP contribution in [0.1, 0.15) is 15.9 Å². The van der Waals surface area contributed by atoms with E-state index in [1.54, 1.807) is 0 Å². The van der Waals surface area contributed by atoms with Crippen LogP contribution >= 0.6 is 0 Å². The highest BCUT2D eigenvalue weighted by Crippen LogP contribution is 2.29. The predicted molar refractivity (Wildman–Crippen MR) is 77.4 cm³/mol. The Bertz CT molecular complexity index is 797. The van der Waals surface area contributed by atoms with Gasteiger partial charge in [-0.1, -0.05) is 0 Å². The Kier molecular flexibility index (Phi) is 5.02. The lowest BCUT2D eigenvalue weighted by Gasteiger charge is -2.09. The standard InChI is InChI=1S/C15H11F3N2O4/c16-15(17,18)9-3-5-10(6-4-9)20-12(21)8-24-14(23)11-2-1-7-19-13(11)22/h1-7H,8H2,(H,19,22)(H,20,21). The first-order valence-electron chi connectivity index (χ1n) is 6.59. The zero-order valence-electron chi connectivity index (χ0n) is 12.0. The van der Waals surface area contributed by atoms with Crippen LogP contribution in [0, 0.1) is 0 Å². The molecule has 1 amide bonds. The molecule has 0 aliphatic heterocycles. The fourth-order valence-electron chi connectivity index (χ4n) is 1.73. The van der Waals surface area contributed by atoms with E-state index in [-0.39, 0.29) is 11.3 Å². The molecule has 24 heavy (non-hydrogen) atoms. The number of benzene rings is 1. The molecule has 0 aliphatic rings. The van der Waals surface area contributed by atoms with E-state index in [1.807, 2.05) is 0 Å². The van der Waals surface area contributed by atoms with Crippen LogP contribution in [0.5, 0.6) is 0 Å². The second-order valence-corrected chi connectivity index (χ2v) is 4.61. The van der Waals surface area contributed by atoms with Crippen LogP contribution < -0.4 is 10.9 Å². The first-order valence-corrected chi connectivity index (χ1v) is 6.59. The predicted octanol–water partition coefficient (Wildman–Crippen LogP) is 2.19. The fraction of sp³-hybridized carbons (Fsp3) is 0.133. The third-order valence-corrected chi connectivity index (χ3v) is 2.87. The van der Waals surface area contributed by atoms with Crippen molar-refractivity contribution in [3.8, 4) is 0 Å². The van der Waals surface area contributed by atoms with Gasteiger partial charge in [0, 0.05) is 11.9 Å². The molecule has 0 bridgehead atoms. The van der Waals surface area contributed by atoms with E-state index in [0.717, 1.165) is 24.3 Å². The number of aromatic nitrogens is 1. The maximum absolute atomic E-state index is 12.4. The smallest absolute Gasteiger partial charge is 0.416 e. The number of halogens is 3. The molecule has 1 aromatic carbocycles. The summed E-state index contributed by atoms with van der Waals surface area (Å²) in [7, 11) is 0. The van der Waals surface area contributed by atoms with Crippen molar-refractivity contribution in [3.63, 3.8) is 0 Å². The number of carbonyl (C=O) groups is 2. The number of carbonyl (C=O) groups excluding carboxylic acids is 2. The topological polar surface area (TPSA) is 88.3 Å². The first-order chi connectivity index (χ1) is 11.3. The van der Waals surface area contributed by atoms with Gasteiger partial charge in [0.15, 0.2) is 6.61 Å². The van der Waals surface area contributed by atoms with Gasteiger partial charge in [-0.05, 0) is 36.4 Å². The van der Waals surface area contributed by atoms with Gasteiger partial charge in [-0.15, -0.1) is 0 Å². The number of nitrogens with one attached hydrogen (secondary N) is 2. The molecule has 1 aromatic heterocycles. The van der Waals surface area contributed by atoms with E-state index in [0.29, 0.717) is 0 Å². The second-order valence-electron chi connectivity index (χ2n) is 4.61. The third kappa shape index (κ3) is 4.45. The summed E-state index contributed by atoms with van der Waals surface area (Å²) in [5, 5.41) is 2.27. The number of H-pyrrole nitrogens is 1. The number of rotatable bonds is 4. The Morgan fingerprint density at radius 3 is 2.38 bits per heavy atom. The molecule has 0 unspecified atom stereocenters. The quantitative estimate of drug-likeness (QED) is 0.835. The minimum atomic E-state index is -4.47. The van der Waals surface area contributed by atoms with Crippen molar-refractivity contribution < 1.29 is 27.5 Å². The van der Waals surface area contributed by atoms with E-state index >= 15 is 0 Å². The molecular weight excluding hydrogens is 329 g/mol. The molecule has 6 nitrogen and oxygen atoms in total. The molecule has 2 rings (SSSR count). The summed E-state index contributed by atoms with van der Waals surface area (Å²) >= 11 is 0. The third-order valence-electron chi connectivity index (χ3n) is 2.87. The summed E-state index contributed by atoms with van der Waals surface area (Å²) in [6.07, 6.45) is -3.14. The first kappa shape index (κ1) is 17.3. The van der Waals surface area contributed by atoms with Crippen molar-refractivity contribution >= 4 is 17.6 Å². The minimum Gasteiger partial charge on any atom is -0.452 e. The van der Waals surface area contributed by atoms with Crippen molar-refractivity contribution in [1.29, 1.82) is 0 Å². The van der Waals surface area contributed by atoms with Gasteiger partial charge in [0.1, 0.15) is 5.56 Å². The van der Waals surface area contributed by atoms with Crippen LogP contribution in [0.4, 0.5) is 18.9 Å². The SMILES string of the molecule is O=C(COC(=O)c1ccc[nH]c1=O)Nc1ccc(C(F)(F)F)cc1. The number of aromatic amines is 1. The van der Waals surface area contributed by atoms with Gasteiger partial charge >= 0.3 is 12.1 Å². The van der Waals surface area contributed by atoms with E-state index in [2.05, 4.69) is 15.0 Å². The second kappa shape index (κ2) is 6.99. The van der Waals surface area contributed by atoms with Crippen LogP contribution in [-0.4, -0.2) is 23.5 Å². The molecule has 9 heteroatoms. The highest BCUT2D eigenvalue weighted by Gasteiger charge is 2.30. The summed E-state index contributed by atoms with van der Waals surface area (Å²) < 4.78 is 41.9. The highest BCUT2D eigenvalue weighted by atomic mass is 19.4. The molecule has 2 aromatic rings. The number of hydrogen-bond donors (Lipinski definition) is 2. The zero-order chi connectivity index (χ0) is 17.7. The molecule has 0 spiro atoms. The lowest BCUT2D eigenvalue weighted by molar-refractivity contribution is -0.137. The van der Waals surface area contributed by atoms with Crippen LogP contribution in [0.2, 0.25) is 0 Å². The number of alkyl halides is 3. The number of ether oxygens (including phenoxy) is 1. The summed E-state index contributed by atoms with van der Waals surface area (Å²) in [5.41, 5.74) is -1.66. The van der Waals surface area contributed by atoms with E-state index < -0.39 is 35.8 Å². The van der Waals surface area contributed by atoms with Gasteiger partial charge in [0.2, 0.25) is 0 Å². The van der Waals surface area contributed by atoms with Crippen molar-refractivity contribution in [2.24, 2.45) is 0 Å². The molecule has 0 saturated carbocycles. The molecule has 0 aliphatic carbocycles. The van der Waals surface area contributed by atoms with E-state index in [9.17, 15) is 27.6 Å². The Hall–Kier alpha value is -3.10. The Labute approximate surface area is 133 Å². The number of esters is 1. The van der Waals surface area contributed by atoms with Crippen LogP contribution in [0.25, 0.3) is 0 Å². The van der Waals surface area contributed by atoms with Gasteiger partial charge in [-0.25, -0.2) is 4.79 Å². The zero-order valence-corrected chi connectivity index (χ0v) is 12.0. The largest absolute Gasteiger partial charge is 0.452 e. The molecule has 0 saturated heterocycles. The van der Waals surface area contributed by atoms with Gasteiger partial charge in [0.05, 0.1) is 5.56 Å². The molecule has 0 fully saturated rings. The van der Waals surface area contributed by atoms with Crippen LogP contribution in [0.15, 0.2) is 47.4 Å². The normalized spacial score (nSPS) is 11.0. The number of pyridine rings is 1.